The smallest absolute Gasteiger partial charge is 0.328 e. The summed E-state index contributed by atoms with van der Waals surface area (Å²) >= 11 is 0. The van der Waals surface area contributed by atoms with Crippen molar-refractivity contribution in [2.75, 3.05) is 0 Å². The van der Waals surface area contributed by atoms with Crippen molar-refractivity contribution >= 4 is 10.4 Å². The molecular formula is C8H21NO4S. The van der Waals surface area contributed by atoms with E-state index in [2.05, 4.69) is 20.8 Å². The third-order valence-corrected chi connectivity index (χ3v) is 1.91. The van der Waals surface area contributed by atoms with E-state index in [9.17, 15) is 0 Å². The van der Waals surface area contributed by atoms with Gasteiger partial charge in [-0.1, -0.05) is 26.7 Å². The summed E-state index contributed by atoms with van der Waals surface area (Å²) in [5.74, 6) is 0.699. The Morgan fingerprint density at radius 3 is 1.86 bits per heavy atom. The molecule has 0 saturated heterocycles. The van der Waals surface area contributed by atoms with Gasteiger partial charge in [-0.25, -0.2) is 0 Å². The van der Waals surface area contributed by atoms with E-state index < -0.39 is 10.4 Å². The molecule has 0 aromatic rings. The van der Waals surface area contributed by atoms with E-state index in [4.69, 9.17) is 23.3 Å². The van der Waals surface area contributed by atoms with Crippen molar-refractivity contribution in [1.82, 2.24) is 0 Å². The molecule has 0 heterocycles. The van der Waals surface area contributed by atoms with Gasteiger partial charge in [-0.05, 0) is 19.3 Å². The van der Waals surface area contributed by atoms with E-state index in [0.29, 0.717) is 12.0 Å². The first-order valence-electron chi connectivity index (χ1n) is 4.64. The molecule has 0 fully saturated rings. The van der Waals surface area contributed by atoms with Crippen LogP contribution in [0.15, 0.2) is 0 Å². The quantitative estimate of drug-likeness (QED) is 0.632. The summed E-state index contributed by atoms with van der Waals surface area (Å²) in [6.07, 6.45) is 3.90. The molecule has 0 saturated carbocycles. The zero-order chi connectivity index (χ0) is 11.8. The van der Waals surface area contributed by atoms with Gasteiger partial charge in [-0.15, -0.1) is 0 Å². The highest BCUT2D eigenvalue weighted by atomic mass is 32.3. The van der Waals surface area contributed by atoms with Crippen LogP contribution in [0, 0.1) is 5.92 Å². The maximum atomic E-state index is 8.74. The summed E-state index contributed by atoms with van der Waals surface area (Å²) in [6, 6.07) is 0.372. The van der Waals surface area contributed by atoms with Crippen LogP contribution < -0.4 is 5.73 Å². The van der Waals surface area contributed by atoms with Crippen LogP contribution in [0.4, 0.5) is 0 Å². The molecule has 5 nitrogen and oxygen atoms in total. The van der Waals surface area contributed by atoms with Crippen LogP contribution in [0.25, 0.3) is 0 Å². The third-order valence-electron chi connectivity index (χ3n) is 1.91. The van der Waals surface area contributed by atoms with E-state index in [1.807, 2.05) is 0 Å². The fraction of sp³-hybridized carbons (Fsp3) is 1.00. The van der Waals surface area contributed by atoms with Crippen molar-refractivity contribution in [2.24, 2.45) is 11.7 Å². The highest BCUT2D eigenvalue weighted by Crippen LogP contribution is 2.09. The van der Waals surface area contributed by atoms with Crippen molar-refractivity contribution in [3.63, 3.8) is 0 Å². The number of unbranched alkanes of at least 4 members (excludes halogenated alkanes) is 1. The second-order valence-corrected chi connectivity index (χ2v) is 4.32. The van der Waals surface area contributed by atoms with Gasteiger partial charge in [0, 0.05) is 6.04 Å². The van der Waals surface area contributed by atoms with Gasteiger partial charge in [0.05, 0.1) is 0 Å². The lowest BCUT2D eigenvalue weighted by Gasteiger charge is -2.13. The number of nitrogens with two attached hydrogens (primary N) is 1. The van der Waals surface area contributed by atoms with Gasteiger partial charge in [0.2, 0.25) is 0 Å². The minimum atomic E-state index is -4.67. The van der Waals surface area contributed by atoms with Crippen LogP contribution in [-0.2, 0) is 10.4 Å². The van der Waals surface area contributed by atoms with Crippen LogP contribution in [0.3, 0.4) is 0 Å². The fourth-order valence-electron chi connectivity index (χ4n) is 0.789. The topological polar surface area (TPSA) is 101 Å². The molecule has 2 unspecified atom stereocenters. The van der Waals surface area contributed by atoms with E-state index >= 15 is 0 Å². The minimum absolute atomic E-state index is 0.372. The van der Waals surface area contributed by atoms with Gasteiger partial charge in [-0.3, -0.25) is 9.11 Å². The monoisotopic (exact) mass is 227 g/mol. The zero-order valence-electron chi connectivity index (χ0n) is 8.97. The first-order chi connectivity index (χ1) is 6.18. The summed E-state index contributed by atoms with van der Waals surface area (Å²) in [5.41, 5.74) is 5.68. The van der Waals surface area contributed by atoms with Crippen LogP contribution in [-0.4, -0.2) is 23.6 Å². The van der Waals surface area contributed by atoms with Gasteiger partial charge < -0.3 is 5.73 Å². The lowest BCUT2D eigenvalue weighted by molar-refractivity contribution is 0.381. The Kier molecular flexibility index (Phi) is 9.49. The number of rotatable bonds is 4. The van der Waals surface area contributed by atoms with E-state index in [0.717, 1.165) is 0 Å². The van der Waals surface area contributed by atoms with Crippen molar-refractivity contribution in [3.05, 3.63) is 0 Å². The summed E-state index contributed by atoms with van der Waals surface area (Å²) in [4.78, 5) is 0. The van der Waals surface area contributed by atoms with Crippen LogP contribution >= 0.6 is 0 Å². The Bertz CT molecular complexity index is 205. The highest BCUT2D eigenvalue weighted by molar-refractivity contribution is 7.79. The van der Waals surface area contributed by atoms with Crippen LogP contribution in [0.1, 0.15) is 40.0 Å². The predicted molar refractivity (Wildman–Crippen MR) is 56.5 cm³/mol. The Balaban J connectivity index is 0. The Morgan fingerprint density at radius 2 is 1.64 bits per heavy atom. The van der Waals surface area contributed by atoms with Gasteiger partial charge in [0.15, 0.2) is 0 Å². The molecule has 0 rings (SSSR count). The molecule has 0 aliphatic rings. The minimum Gasteiger partial charge on any atom is -0.328 e. The summed E-state index contributed by atoms with van der Waals surface area (Å²) in [6.45, 7) is 6.52. The molecule has 88 valence electrons. The molecule has 14 heavy (non-hydrogen) atoms. The molecule has 0 aliphatic heterocycles. The molecule has 0 aromatic heterocycles. The van der Waals surface area contributed by atoms with Crippen LogP contribution in [0.5, 0.6) is 0 Å². The lowest BCUT2D eigenvalue weighted by atomic mass is 9.98. The summed E-state index contributed by atoms with van der Waals surface area (Å²) < 4.78 is 31.6. The average Bonchev–Trinajstić information content (AvgIpc) is 1.96. The Labute approximate surface area is 86.3 Å². The van der Waals surface area contributed by atoms with Crippen molar-refractivity contribution in [2.45, 2.75) is 46.1 Å². The van der Waals surface area contributed by atoms with Gasteiger partial charge in [0.25, 0.3) is 0 Å². The first-order valence-corrected chi connectivity index (χ1v) is 6.03. The molecule has 0 aliphatic carbocycles. The van der Waals surface area contributed by atoms with E-state index in [1.54, 1.807) is 0 Å². The normalized spacial score (nSPS) is 15.3. The number of hydrogen-bond donors (Lipinski definition) is 3. The molecule has 4 N–H and O–H groups in total. The molecule has 0 aromatic carbocycles. The van der Waals surface area contributed by atoms with E-state index in [1.165, 1.54) is 19.3 Å². The molecule has 2 atom stereocenters. The molecule has 0 amide bonds. The highest BCUT2D eigenvalue weighted by Gasteiger charge is 2.04. The zero-order valence-corrected chi connectivity index (χ0v) is 9.79. The lowest BCUT2D eigenvalue weighted by Crippen LogP contribution is -2.23. The SMILES string of the molecule is CCCCC(C)C(C)N.O=S(=O)(O)O. The molecule has 0 bridgehead atoms. The van der Waals surface area contributed by atoms with Gasteiger partial charge >= 0.3 is 10.4 Å². The molecular weight excluding hydrogens is 206 g/mol. The molecule has 6 heteroatoms. The van der Waals surface area contributed by atoms with Gasteiger partial charge in [0.1, 0.15) is 0 Å². The average molecular weight is 227 g/mol. The Hall–Kier alpha value is -0.170. The fourth-order valence-corrected chi connectivity index (χ4v) is 0.789. The third kappa shape index (κ3) is 22.6. The summed E-state index contributed by atoms with van der Waals surface area (Å²) in [7, 11) is -4.67. The molecule has 0 radical (unpaired) electrons. The van der Waals surface area contributed by atoms with E-state index in [-0.39, 0.29) is 0 Å². The van der Waals surface area contributed by atoms with Crippen molar-refractivity contribution in [1.29, 1.82) is 0 Å². The second kappa shape index (κ2) is 8.16. The summed E-state index contributed by atoms with van der Waals surface area (Å²) in [5, 5.41) is 0. The standard InChI is InChI=1S/C8H19N.H2O4S/c1-4-5-6-7(2)8(3)9;1-5(2,3)4/h7-8H,4-6,9H2,1-3H3;(H2,1,2,3,4). The Morgan fingerprint density at radius 1 is 1.29 bits per heavy atom. The second-order valence-electron chi connectivity index (χ2n) is 3.43. The van der Waals surface area contributed by atoms with Crippen LogP contribution in [0.2, 0.25) is 0 Å². The maximum absolute atomic E-state index is 8.74. The first kappa shape index (κ1) is 16.3. The molecule has 0 spiro atoms. The van der Waals surface area contributed by atoms with Crippen molar-refractivity contribution in [3.8, 4) is 0 Å². The van der Waals surface area contributed by atoms with Gasteiger partial charge in [-0.2, -0.15) is 8.42 Å². The number of hydrogen-bond acceptors (Lipinski definition) is 3. The van der Waals surface area contributed by atoms with Crippen molar-refractivity contribution < 1.29 is 17.5 Å². The predicted octanol–water partition coefficient (Wildman–Crippen LogP) is 1.51. The largest absolute Gasteiger partial charge is 0.394 e. The maximum Gasteiger partial charge on any atom is 0.394 e.